The van der Waals surface area contributed by atoms with Crippen molar-refractivity contribution in [1.82, 2.24) is 0 Å². The molecule has 0 aromatic heterocycles. The Hall–Kier alpha value is -2.91. The van der Waals surface area contributed by atoms with Crippen LogP contribution in [0.15, 0.2) is 54.6 Å². The molecule has 0 aliphatic rings. The van der Waals surface area contributed by atoms with Gasteiger partial charge in [0.2, 0.25) is 0 Å². The number of Topliss-reactive ketones (excluding diaryl/α,β-unsaturated/α-hetero) is 1. The topological polar surface area (TPSA) is 64.7 Å². The van der Waals surface area contributed by atoms with Gasteiger partial charge in [-0.3, -0.25) is 4.79 Å². The summed E-state index contributed by atoms with van der Waals surface area (Å²) in [4.78, 5) is 12.4. The van der Waals surface area contributed by atoms with E-state index >= 15 is 0 Å². The first kappa shape index (κ1) is 15.5. The molecule has 0 unspecified atom stereocenters. The summed E-state index contributed by atoms with van der Waals surface area (Å²) in [6.07, 6.45) is 0.152. The lowest BCUT2D eigenvalue weighted by Gasteiger charge is -2.17. The van der Waals surface area contributed by atoms with Gasteiger partial charge in [-0.05, 0) is 12.5 Å². The summed E-state index contributed by atoms with van der Waals surface area (Å²) in [6, 6.07) is 20.6. The first-order chi connectivity index (χ1) is 10.7. The average molecular weight is 288 g/mol. The molecule has 0 saturated carbocycles. The number of rotatable bonds is 5. The molecule has 22 heavy (non-hydrogen) atoms. The van der Waals surface area contributed by atoms with E-state index in [0.717, 1.165) is 11.1 Å². The van der Waals surface area contributed by atoms with Gasteiger partial charge < -0.3 is 0 Å². The highest BCUT2D eigenvalue weighted by Gasteiger charge is 2.26. The fourth-order valence-corrected chi connectivity index (χ4v) is 2.39. The lowest BCUT2D eigenvalue weighted by molar-refractivity contribution is 0.0971. The molecule has 2 aromatic rings. The SMILES string of the molecule is Cc1ccc([C@H](CC(=O)c2ccccc2)C(C#N)C#N)cc1. The van der Waals surface area contributed by atoms with Crippen molar-refractivity contribution in [1.29, 1.82) is 10.5 Å². The van der Waals surface area contributed by atoms with Crippen molar-refractivity contribution in [2.24, 2.45) is 5.92 Å². The van der Waals surface area contributed by atoms with Crippen LogP contribution in [0.4, 0.5) is 0 Å². The van der Waals surface area contributed by atoms with E-state index in [1.54, 1.807) is 24.3 Å². The van der Waals surface area contributed by atoms with Gasteiger partial charge in [-0.2, -0.15) is 10.5 Å². The molecule has 0 aliphatic heterocycles. The Morgan fingerprint density at radius 2 is 1.59 bits per heavy atom. The summed E-state index contributed by atoms with van der Waals surface area (Å²) in [5.74, 6) is -1.31. The maximum absolute atomic E-state index is 12.4. The van der Waals surface area contributed by atoms with E-state index in [1.165, 1.54) is 0 Å². The molecule has 1 atom stereocenters. The van der Waals surface area contributed by atoms with Gasteiger partial charge in [-0.25, -0.2) is 0 Å². The second-order valence-corrected chi connectivity index (χ2v) is 5.25. The van der Waals surface area contributed by atoms with Crippen molar-refractivity contribution >= 4 is 5.78 Å². The molecule has 0 amide bonds. The number of carbonyl (C=O) groups excluding carboxylic acids is 1. The van der Waals surface area contributed by atoms with E-state index in [4.69, 9.17) is 0 Å². The Labute approximate surface area is 130 Å². The highest BCUT2D eigenvalue weighted by molar-refractivity contribution is 5.96. The first-order valence-corrected chi connectivity index (χ1v) is 7.09. The van der Waals surface area contributed by atoms with E-state index in [9.17, 15) is 15.3 Å². The van der Waals surface area contributed by atoms with Crippen LogP contribution in [-0.2, 0) is 0 Å². The number of hydrogen-bond acceptors (Lipinski definition) is 3. The standard InChI is InChI=1S/C19H16N2O/c1-14-7-9-15(10-8-14)18(17(12-20)13-21)11-19(22)16-5-3-2-4-6-16/h2-10,17-18H,11H2,1H3/t18-/m0/s1. The summed E-state index contributed by atoms with van der Waals surface area (Å²) in [7, 11) is 0. The minimum Gasteiger partial charge on any atom is -0.294 e. The zero-order chi connectivity index (χ0) is 15.9. The molecular formula is C19H16N2O. The minimum atomic E-state index is -0.838. The first-order valence-electron chi connectivity index (χ1n) is 7.09. The van der Waals surface area contributed by atoms with E-state index in [-0.39, 0.29) is 12.2 Å². The summed E-state index contributed by atoms with van der Waals surface area (Å²) in [5.41, 5.74) is 2.56. The van der Waals surface area contributed by atoms with Gasteiger partial charge in [0.15, 0.2) is 5.78 Å². The number of nitriles is 2. The Bertz CT molecular complexity index is 707. The number of aryl methyl sites for hydroxylation is 1. The Kier molecular flexibility index (Phi) is 5.07. The van der Waals surface area contributed by atoms with Crippen LogP contribution in [0.5, 0.6) is 0 Å². The van der Waals surface area contributed by atoms with Gasteiger partial charge in [0.25, 0.3) is 0 Å². The van der Waals surface area contributed by atoms with Crippen molar-refractivity contribution in [2.45, 2.75) is 19.3 Å². The molecule has 0 spiro atoms. The molecule has 0 saturated heterocycles. The third-order valence-electron chi connectivity index (χ3n) is 3.69. The molecular weight excluding hydrogens is 272 g/mol. The second kappa shape index (κ2) is 7.20. The van der Waals surface area contributed by atoms with Crippen molar-refractivity contribution < 1.29 is 4.79 Å². The number of carbonyl (C=O) groups is 1. The van der Waals surface area contributed by atoms with Crippen LogP contribution in [0, 0.1) is 35.5 Å². The average Bonchev–Trinajstić information content (AvgIpc) is 2.56. The number of hydrogen-bond donors (Lipinski definition) is 0. The van der Waals surface area contributed by atoms with Crippen LogP contribution in [0.3, 0.4) is 0 Å². The monoisotopic (exact) mass is 288 g/mol. The largest absolute Gasteiger partial charge is 0.294 e. The number of ketones is 1. The minimum absolute atomic E-state index is 0.0540. The Morgan fingerprint density at radius 1 is 1.00 bits per heavy atom. The molecule has 108 valence electrons. The third-order valence-corrected chi connectivity index (χ3v) is 3.69. The van der Waals surface area contributed by atoms with Gasteiger partial charge >= 0.3 is 0 Å². The fraction of sp³-hybridized carbons (Fsp3) is 0.211. The molecule has 0 N–H and O–H groups in total. The predicted octanol–water partition coefficient (Wildman–Crippen LogP) is 4.01. The second-order valence-electron chi connectivity index (χ2n) is 5.25. The van der Waals surface area contributed by atoms with E-state index < -0.39 is 11.8 Å². The summed E-state index contributed by atoms with van der Waals surface area (Å²) in [6.45, 7) is 1.97. The lowest BCUT2D eigenvalue weighted by Crippen LogP contribution is -2.15. The molecule has 3 nitrogen and oxygen atoms in total. The molecule has 2 aromatic carbocycles. The van der Waals surface area contributed by atoms with E-state index in [1.807, 2.05) is 49.4 Å². The van der Waals surface area contributed by atoms with Crippen molar-refractivity contribution in [3.05, 3.63) is 71.3 Å². The highest BCUT2D eigenvalue weighted by atomic mass is 16.1. The summed E-state index contributed by atoms with van der Waals surface area (Å²) >= 11 is 0. The van der Waals surface area contributed by atoms with E-state index in [2.05, 4.69) is 0 Å². The highest BCUT2D eigenvalue weighted by Crippen LogP contribution is 2.29. The van der Waals surface area contributed by atoms with Gasteiger partial charge in [0.1, 0.15) is 5.92 Å². The van der Waals surface area contributed by atoms with Crippen molar-refractivity contribution in [3.8, 4) is 12.1 Å². The summed E-state index contributed by atoms with van der Waals surface area (Å²) < 4.78 is 0. The molecule has 0 bridgehead atoms. The maximum atomic E-state index is 12.4. The molecule has 2 rings (SSSR count). The van der Waals surface area contributed by atoms with Gasteiger partial charge in [0, 0.05) is 17.9 Å². The lowest BCUT2D eigenvalue weighted by atomic mass is 9.82. The Morgan fingerprint density at radius 3 is 2.14 bits per heavy atom. The fourth-order valence-electron chi connectivity index (χ4n) is 2.39. The number of benzene rings is 2. The zero-order valence-electron chi connectivity index (χ0n) is 12.4. The van der Waals surface area contributed by atoms with Crippen LogP contribution in [0.2, 0.25) is 0 Å². The third kappa shape index (κ3) is 3.59. The number of nitrogens with zero attached hydrogens (tertiary/aromatic N) is 2. The van der Waals surface area contributed by atoms with Gasteiger partial charge in [-0.1, -0.05) is 60.2 Å². The summed E-state index contributed by atoms with van der Waals surface area (Å²) in [5, 5.41) is 18.4. The van der Waals surface area contributed by atoms with Crippen LogP contribution in [0.25, 0.3) is 0 Å². The molecule has 3 heteroatoms. The van der Waals surface area contributed by atoms with Crippen molar-refractivity contribution in [2.75, 3.05) is 0 Å². The maximum Gasteiger partial charge on any atom is 0.163 e. The molecule has 0 fully saturated rings. The van der Waals surface area contributed by atoms with Crippen LogP contribution >= 0.6 is 0 Å². The molecule has 0 radical (unpaired) electrons. The normalized spacial score (nSPS) is 11.5. The van der Waals surface area contributed by atoms with E-state index in [0.29, 0.717) is 5.56 Å². The Balaban J connectivity index is 2.30. The van der Waals surface area contributed by atoms with Crippen LogP contribution in [0.1, 0.15) is 33.8 Å². The van der Waals surface area contributed by atoms with Gasteiger partial charge in [0.05, 0.1) is 12.1 Å². The van der Waals surface area contributed by atoms with Crippen molar-refractivity contribution in [3.63, 3.8) is 0 Å². The zero-order valence-corrected chi connectivity index (χ0v) is 12.4. The molecule has 0 aliphatic carbocycles. The smallest absolute Gasteiger partial charge is 0.163 e. The van der Waals surface area contributed by atoms with Gasteiger partial charge in [-0.15, -0.1) is 0 Å². The van der Waals surface area contributed by atoms with Crippen LogP contribution in [-0.4, -0.2) is 5.78 Å². The van der Waals surface area contributed by atoms with Crippen LogP contribution < -0.4 is 0 Å². The predicted molar refractivity (Wildman–Crippen MR) is 84.0 cm³/mol. The quantitative estimate of drug-likeness (QED) is 0.781. The molecule has 0 heterocycles.